The van der Waals surface area contributed by atoms with Crippen LogP contribution < -0.4 is 0 Å². The van der Waals surface area contributed by atoms with E-state index in [1.807, 2.05) is 24.3 Å². The monoisotopic (exact) mass is 575 g/mol. The van der Waals surface area contributed by atoms with Gasteiger partial charge in [-0.25, -0.2) is 4.39 Å². The third kappa shape index (κ3) is 5.10. The molecule has 3 aliphatic rings. The van der Waals surface area contributed by atoms with Gasteiger partial charge in [-0.2, -0.15) is 0 Å². The van der Waals surface area contributed by atoms with Gasteiger partial charge in [-0.1, -0.05) is 121 Å². The van der Waals surface area contributed by atoms with Crippen molar-refractivity contribution in [2.24, 2.45) is 11.8 Å². The molecule has 0 amide bonds. The molecule has 2 fully saturated rings. The number of ether oxygens (including phenoxy) is 1. The molecule has 2 aliphatic heterocycles. The number of nitrogens with zero attached hydrogens (tertiary/aromatic N) is 1. The molecule has 7 rings (SSSR count). The van der Waals surface area contributed by atoms with Crippen LogP contribution >= 0.6 is 11.8 Å². The van der Waals surface area contributed by atoms with Gasteiger partial charge in [0.15, 0.2) is 16.5 Å². The van der Waals surface area contributed by atoms with E-state index in [4.69, 9.17) is 4.74 Å². The number of likely N-dealkylation sites (tertiary alicyclic amines) is 1. The standard InChI is InChI=1S/C37H34FNO2S/c38-32-19-11-10-18-31(32)35(36(40)26-20-21-26)39-23-22-33-27(25-39)24-34(42-33)41-37(28-12-4-1-5-13-28,29-14-6-2-7-15-29)30-16-8-3-9-17-30/h1-19,24,26-27,33,35H,20-23,25H2. The summed E-state index contributed by atoms with van der Waals surface area (Å²) in [5, 5.41) is 1.26. The molecule has 1 saturated carbocycles. The van der Waals surface area contributed by atoms with Crippen molar-refractivity contribution in [3.8, 4) is 0 Å². The van der Waals surface area contributed by atoms with E-state index in [1.54, 1.807) is 23.9 Å². The summed E-state index contributed by atoms with van der Waals surface area (Å²) in [5.74, 6) is 0.140. The van der Waals surface area contributed by atoms with Crippen molar-refractivity contribution in [3.05, 3.63) is 154 Å². The Kier molecular flexibility index (Phi) is 7.47. The minimum Gasteiger partial charge on any atom is -0.467 e. The number of fused-ring (bicyclic) bond motifs is 1. The molecule has 0 bridgehead atoms. The maximum atomic E-state index is 15.0. The van der Waals surface area contributed by atoms with Crippen LogP contribution in [0.4, 0.5) is 4.39 Å². The van der Waals surface area contributed by atoms with Crippen LogP contribution in [0, 0.1) is 17.7 Å². The number of thioether (sulfide) groups is 1. The van der Waals surface area contributed by atoms with Gasteiger partial charge in [0.2, 0.25) is 0 Å². The molecular formula is C37H34FNO2S. The number of rotatable bonds is 9. The number of hydrogen-bond acceptors (Lipinski definition) is 4. The fourth-order valence-corrected chi connectivity index (χ4v) is 7.90. The highest BCUT2D eigenvalue weighted by Crippen LogP contribution is 2.50. The zero-order valence-electron chi connectivity index (χ0n) is 23.4. The molecule has 1 aliphatic carbocycles. The van der Waals surface area contributed by atoms with Crippen LogP contribution in [0.15, 0.2) is 126 Å². The maximum absolute atomic E-state index is 15.0. The average molecular weight is 576 g/mol. The van der Waals surface area contributed by atoms with E-state index in [2.05, 4.69) is 83.8 Å². The van der Waals surface area contributed by atoms with E-state index < -0.39 is 11.6 Å². The first-order valence-corrected chi connectivity index (χ1v) is 15.8. The minimum absolute atomic E-state index is 0.0583. The SMILES string of the molecule is O=C(C1CC1)C(c1ccccc1F)N1CCC2SC(OC(c3ccccc3)(c3ccccc3)c3ccccc3)=CC2C1. The van der Waals surface area contributed by atoms with Crippen LogP contribution in [-0.2, 0) is 15.1 Å². The van der Waals surface area contributed by atoms with Gasteiger partial charge >= 0.3 is 0 Å². The lowest BCUT2D eigenvalue weighted by molar-refractivity contribution is -0.126. The van der Waals surface area contributed by atoms with Gasteiger partial charge in [-0.05, 0) is 31.4 Å². The van der Waals surface area contributed by atoms with Gasteiger partial charge in [0.25, 0.3) is 0 Å². The maximum Gasteiger partial charge on any atom is 0.185 e. The fourth-order valence-electron chi connectivity index (χ4n) is 6.61. The van der Waals surface area contributed by atoms with Crippen molar-refractivity contribution in [3.63, 3.8) is 0 Å². The molecule has 5 heteroatoms. The molecule has 4 aromatic carbocycles. The first-order chi connectivity index (χ1) is 20.6. The number of benzene rings is 4. The summed E-state index contributed by atoms with van der Waals surface area (Å²) in [4.78, 5) is 15.7. The second-order valence-electron chi connectivity index (χ2n) is 11.6. The van der Waals surface area contributed by atoms with E-state index >= 15 is 4.39 Å². The lowest BCUT2D eigenvalue weighted by Crippen LogP contribution is -2.45. The number of halogens is 1. The van der Waals surface area contributed by atoms with Crippen LogP contribution in [0.1, 0.15) is 47.6 Å². The highest BCUT2D eigenvalue weighted by molar-refractivity contribution is 8.03. The molecule has 3 unspecified atom stereocenters. The van der Waals surface area contributed by atoms with Crippen LogP contribution in [0.5, 0.6) is 0 Å². The quantitative estimate of drug-likeness (QED) is 0.189. The van der Waals surface area contributed by atoms with Crippen LogP contribution in [-0.4, -0.2) is 29.0 Å². The van der Waals surface area contributed by atoms with Crippen molar-refractivity contribution in [1.29, 1.82) is 0 Å². The van der Waals surface area contributed by atoms with Crippen LogP contribution in [0.3, 0.4) is 0 Å². The van der Waals surface area contributed by atoms with E-state index in [-0.39, 0.29) is 23.4 Å². The number of Topliss-reactive ketones (excluding diaryl/α,β-unsaturated/α-hetero) is 1. The second-order valence-corrected chi connectivity index (χ2v) is 12.8. The Labute approximate surface area is 251 Å². The normalized spacial score (nSPS) is 21.3. The third-order valence-electron chi connectivity index (χ3n) is 8.85. The highest BCUT2D eigenvalue weighted by atomic mass is 32.2. The number of carbonyl (C=O) groups excluding carboxylic acids is 1. The third-order valence-corrected chi connectivity index (χ3v) is 10.2. The number of ketones is 1. The van der Waals surface area contributed by atoms with Gasteiger partial charge in [0, 0.05) is 52.4 Å². The van der Waals surface area contributed by atoms with Crippen molar-refractivity contribution in [2.75, 3.05) is 13.1 Å². The van der Waals surface area contributed by atoms with Crippen molar-refractivity contribution in [2.45, 2.75) is 36.2 Å². The number of piperidine rings is 1. The Bertz CT molecular complexity index is 1470. The molecule has 0 radical (unpaired) electrons. The van der Waals surface area contributed by atoms with Crippen LogP contribution in [0.2, 0.25) is 0 Å². The van der Waals surface area contributed by atoms with Gasteiger partial charge in [0.05, 0.1) is 6.04 Å². The molecule has 2 heterocycles. The largest absolute Gasteiger partial charge is 0.467 e. The van der Waals surface area contributed by atoms with E-state index in [1.165, 1.54) is 6.07 Å². The summed E-state index contributed by atoms with van der Waals surface area (Å²) in [5.41, 5.74) is 2.88. The topological polar surface area (TPSA) is 29.5 Å². The first kappa shape index (κ1) is 27.2. The van der Waals surface area contributed by atoms with E-state index in [0.29, 0.717) is 17.4 Å². The van der Waals surface area contributed by atoms with Crippen molar-refractivity contribution >= 4 is 17.5 Å². The van der Waals surface area contributed by atoms with Gasteiger partial charge in [0.1, 0.15) is 5.82 Å². The number of carbonyl (C=O) groups is 1. The zero-order valence-corrected chi connectivity index (χ0v) is 24.3. The molecule has 0 N–H and O–H groups in total. The van der Waals surface area contributed by atoms with Crippen molar-refractivity contribution < 1.29 is 13.9 Å². The Balaban J connectivity index is 1.23. The molecule has 0 spiro atoms. The molecule has 0 aromatic heterocycles. The van der Waals surface area contributed by atoms with Gasteiger partial charge in [-0.15, -0.1) is 0 Å². The first-order valence-electron chi connectivity index (χ1n) is 14.9. The molecule has 42 heavy (non-hydrogen) atoms. The number of hydrogen-bond donors (Lipinski definition) is 0. The fraction of sp³-hybridized carbons (Fsp3) is 0.270. The predicted octanol–water partition coefficient (Wildman–Crippen LogP) is 8.13. The van der Waals surface area contributed by atoms with E-state index in [0.717, 1.165) is 47.6 Å². The van der Waals surface area contributed by atoms with Gasteiger partial charge < -0.3 is 4.74 Å². The predicted molar refractivity (Wildman–Crippen MR) is 166 cm³/mol. The Morgan fingerprint density at radius 1 is 0.786 bits per heavy atom. The molecule has 1 saturated heterocycles. The summed E-state index contributed by atoms with van der Waals surface area (Å²) >= 11 is 1.80. The van der Waals surface area contributed by atoms with Crippen LogP contribution in [0.25, 0.3) is 0 Å². The Morgan fingerprint density at radius 2 is 1.33 bits per heavy atom. The average Bonchev–Trinajstić information content (AvgIpc) is 3.82. The molecule has 212 valence electrons. The molecule has 3 atom stereocenters. The Morgan fingerprint density at radius 3 is 1.88 bits per heavy atom. The second kappa shape index (κ2) is 11.5. The molecular weight excluding hydrogens is 541 g/mol. The zero-order chi connectivity index (χ0) is 28.5. The Hall–Kier alpha value is -3.67. The smallest absolute Gasteiger partial charge is 0.185 e. The molecule has 3 nitrogen and oxygen atoms in total. The van der Waals surface area contributed by atoms with E-state index in [9.17, 15) is 4.79 Å². The lowest BCUT2D eigenvalue weighted by Gasteiger charge is -2.39. The summed E-state index contributed by atoms with van der Waals surface area (Å²) in [6.45, 7) is 1.46. The summed E-state index contributed by atoms with van der Waals surface area (Å²) in [7, 11) is 0. The van der Waals surface area contributed by atoms with Gasteiger partial charge in [-0.3, -0.25) is 9.69 Å². The summed E-state index contributed by atoms with van der Waals surface area (Å²) < 4.78 is 22.2. The van der Waals surface area contributed by atoms with Crippen molar-refractivity contribution in [1.82, 2.24) is 4.90 Å². The minimum atomic E-state index is -0.826. The summed E-state index contributed by atoms with van der Waals surface area (Å²) in [6.07, 6.45) is 5.00. The lowest BCUT2D eigenvalue weighted by atomic mass is 9.80. The highest BCUT2D eigenvalue weighted by Gasteiger charge is 2.46. The molecule has 4 aromatic rings. The summed E-state index contributed by atoms with van der Waals surface area (Å²) in [6, 6.07) is 37.6.